The van der Waals surface area contributed by atoms with E-state index in [9.17, 15) is 9.59 Å². The van der Waals surface area contributed by atoms with Gasteiger partial charge in [0.1, 0.15) is 0 Å². The first-order valence-corrected chi connectivity index (χ1v) is 5.43. The summed E-state index contributed by atoms with van der Waals surface area (Å²) in [6.07, 6.45) is 3.26. The van der Waals surface area contributed by atoms with Gasteiger partial charge in [0.25, 0.3) is 0 Å². The van der Waals surface area contributed by atoms with Crippen LogP contribution in [0.25, 0.3) is 0 Å². The van der Waals surface area contributed by atoms with Gasteiger partial charge in [0, 0.05) is 12.5 Å². The summed E-state index contributed by atoms with van der Waals surface area (Å²) >= 11 is 0. The number of hydrogen-bond donors (Lipinski definition) is 2. The third kappa shape index (κ3) is 3.53. The van der Waals surface area contributed by atoms with Crippen molar-refractivity contribution in [2.45, 2.75) is 52.0 Å². The number of carboxylic acid groups (broad SMARTS) is 1. The standard InChI is InChI=1S/C11H19NO3/c1-11(2)7-3-4-8(11)12-9(13)5-6-10(14)15/h8H,3-7H2,1-2H3,(H,12,13)(H,14,15). The molecule has 2 N–H and O–H groups in total. The van der Waals surface area contributed by atoms with Crippen LogP contribution in [-0.4, -0.2) is 23.0 Å². The predicted octanol–water partition coefficient (Wildman–Crippen LogP) is 1.55. The molecule has 4 nitrogen and oxygen atoms in total. The van der Waals surface area contributed by atoms with Crippen molar-refractivity contribution in [1.29, 1.82) is 0 Å². The van der Waals surface area contributed by atoms with E-state index in [4.69, 9.17) is 5.11 Å². The van der Waals surface area contributed by atoms with Gasteiger partial charge in [-0.15, -0.1) is 0 Å². The van der Waals surface area contributed by atoms with E-state index in [0.717, 1.165) is 19.3 Å². The van der Waals surface area contributed by atoms with Crippen molar-refractivity contribution in [1.82, 2.24) is 5.32 Å². The number of carboxylic acids is 1. The molecule has 1 atom stereocenters. The summed E-state index contributed by atoms with van der Waals surface area (Å²) in [4.78, 5) is 21.7. The molecule has 4 heteroatoms. The second-order valence-electron chi connectivity index (χ2n) is 4.89. The molecule has 0 bridgehead atoms. The minimum Gasteiger partial charge on any atom is -0.481 e. The molecule has 0 aliphatic heterocycles. The molecule has 1 amide bonds. The lowest BCUT2D eigenvalue weighted by Gasteiger charge is -2.27. The molecular formula is C11H19NO3. The van der Waals surface area contributed by atoms with E-state index in [0.29, 0.717) is 0 Å². The monoisotopic (exact) mass is 213 g/mol. The Morgan fingerprint density at radius 3 is 2.53 bits per heavy atom. The van der Waals surface area contributed by atoms with E-state index in [1.165, 1.54) is 0 Å². The fraction of sp³-hybridized carbons (Fsp3) is 0.818. The Morgan fingerprint density at radius 2 is 2.07 bits per heavy atom. The largest absolute Gasteiger partial charge is 0.481 e. The van der Waals surface area contributed by atoms with E-state index in [-0.39, 0.29) is 30.2 Å². The van der Waals surface area contributed by atoms with E-state index in [1.807, 2.05) is 0 Å². The highest BCUT2D eigenvalue weighted by atomic mass is 16.4. The number of rotatable bonds is 4. The molecule has 15 heavy (non-hydrogen) atoms. The summed E-state index contributed by atoms with van der Waals surface area (Å²) in [5, 5.41) is 11.4. The molecule has 1 aliphatic carbocycles. The molecule has 0 saturated heterocycles. The van der Waals surface area contributed by atoms with Gasteiger partial charge in [-0.25, -0.2) is 0 Å². The molecule has 1 fully saturated rings. The summed E-state index contributed by atoms with van der Waals surface area (Å²) in [6.45, 7) is 4.28. The topological polar surface area (TPSA) is 66.4 Å². The molecular weight excluding hydrogens is 194 g/mol. The fourth-order valence-corrected chi connectivity index (χ4v) is 2.08. The van der Waals surface area contributed by atoms with Crippen LogP contribution in [-0.2, 0) is 9.59 Å². The van der Waals surface area contributed by atoms with Gasteiger partial charge in [0.15, 0.2) is 0 Å². The van der Waals surface area contributed by atoms with Crippen LogP contribution in [0.1, 0.15) is 46.0 Å². The van der Waals surface area contributed by atoms with Crippen molar-refractivity contribution < 1.29 is 14.7 Å². The van der Waals surface area contributed by atoms with Gasteiger partial charge in [-0.3, -0.25) is 9.59 Å². The Bertz CT molecular complexity index is 261. The molecule has 0 spiro atoms. The van der Waals surface area contributed by atoms with Crippen LogP contribution in [0.3, 0.4) is 0 Å². The second kappa shape index (κ2) is 4.64. The van der Waals surface area contributed by atoms with Gasteiger partial charge in [0.2, 0.25) is 5.91 Å². The molecule has 0 aromatic rings. The third-order valence-electron chi connectivity index (χ3n) is 3.16. The molecule has 86 valence electrons. The molecule has 1 aliphatic rings. The minimum atomic E-state index is -0.921. The molecule has 1 rings (SSSR count). The Kier molecular flexibility index (Phi) is 3.72. The maximum Gasteiger partial charge on any atom is 0.303 e. The number of aliphatic carboxylic acids is 1. The average molecular weight is 213 g/mol. The van der Waals surface area contributed by atoms with E-state index in [1.54, 1.807) is 0 Å². The van der Waals surface area contributed by atoms with Gasteiger partial charge in [-0.1, -0.05) is 20.3 Å². The van der Waals surface area contributed by atoms with Crippen molar-refractivity contribution in [3.05, 3.63) is 0 Å². The fourth-order valence-electron chi connectivity index (χ4n) is 2.08. The van der Waals surface area contributed by atoms with Crippen LogP contribution < -0.4 is 5.32 Å². The maximum atomic E-state index is 11.4. The first kappa shape index (κ1) is 12.0. The Balaban J connectivity index is 2.35. The number of nitrogens with one attached hydrogen (secondary N) is 1. The van der Waals surface area contributed by atoms with Crippen molar-refractivity contribution in [2.75, 3.05) is 0 Å². The van der Waals surface area contributed by atoms with E-state index in [2.05, 4.69) is 19.2 Å². The van der Waals surface area contributed by atoms with Gasteiger partial charge < -0.3 is 10.4 Å². The molecule has 1 saturated carbocycles. The molecule has 0 heterocycles. The maximum absolute atomic E-state index is 11.4. The number of hydrogen-bond acceptors (Lipinski definition) is 2. The highest BCUT2D eigenvalue weighted by Gasteiger charge is 2.35. The number of carbonyl (C=O) groups excluding carboxylic acids is 1. The summed E-state index contributed by atoms with van der Waals surface area (Å²) < 4.78 is 0. The Morgan fingerprint density at radius 1 is 1.40 bits per heavy atom. The predicted molar refractivity (Wildman–Crippen MR) is 56.4 cm³/mol. The van der Waals surface area contributed by atoms with Crippen molar-refractivity contribution >= 4 is 11.9 Å². The molecule has 0 radical (unpaired) electrons. The summed E-state index contributed by atoms with van der Waals surface area (Å²) in [7, 11) is 0. The van der Waals surface area contributed by atoms with Crippen LogP contribution in [0.15, 0.2) is 0 Å². The minimum absolute atomic E-state index is 0.0843. The van der Waals surface area contributed by atoms with Crippen molar-refractivity contribution in [3.63, 3.8) is 0 Å². The van der Waals surface area contributed by atoms with Gasteiger partial charge in [-0.2, -0.15) is 0 Å². The first-order chi connectivity index (χ1) is 6.92. The smallest absolute Gasteiger partial charge is 0.303 e. The zero-order valence-corrected chi connectivity index (χ0v) is 9.38. The first-order valence-electron chi connectivity index (χ1n) is 5.43. The summed E-state index contributed by atoms with van der Waals surface area (Å²) in [5.74, 6) is -1.06. The third-order valence-corrected chi connectivity index (χ3v) is 3.16. The second-order valence-corrected chi connectivity index (χ2v) is 4.89. The van der Waals surface area contributed by atoms with Crippen LogP contribution in [0.5, 0.6) is 0 Å². The lowest BCUT2D eigenvalue weighted by Crippen LogP contribution is -2.41. The zero-order chi connectivity index (χ0) is 11.5. The summed E-state index contributed by atoms with van der Waals surface area (Å²) in [5.41, 5.74) is 0.152. The number of carbonyl (C=O) groups is 2. The van der Waals surface area contributed by atoms with Crippen LogP contribution in [0.4, 0.5) is 0 Å². The molecule has 1 unspecified atom stereocenters. The van der Waals surface area contributed by atoms with E-state index < -0.39 is 5.97 Å². The van der Waals surface area contributed by atoms with E-state index >= 15 is 0 Å². The Hall–Kier alpha value is -1.06. The molecule has 0 aromatic heterocycles. The van der Waals surface area contributed by atoms with Crippen molar-refractivity contribution in [2.24, 2.45) is 5.41 Å². The van der Waals surface area contributed by atoms with Gasteiger partial charge in [-0.05, 0) is 18.3 Å². The SMILES string of the molecule is CC1(C)CCCC1NC(=O)CCC(=O)O. The summed E-state index contributed by atoms with van der Waals surface area (Å²) in [6, 6.07) is 0.207. The van der Waals surface area contributed by atoms with Crippen LogP contribution >= 0.6 is 0 Å². The Labute approximate surface area is 90.0 Å². The number of amides is 1. The van der Waals surface area contributed by atoms with Crippen molar-refractivity contribution in [3.8, 4) is 0 Å². The quantitative estimate of drug-likeness (QED) is 0.744. The lowest BCUT2D eigenvalue weighted by atomic mass is 9.87. The van der Waals surface area contributed by atoms with Gasteiger partial charge in [0.05, 0.1) is 6.42 Å². The highest BCUT2D eigenvalue weighted by molar-refractivity contribution is 5.80. The normalized spacial score (nSPS) is 23.7. The molecule has 0 aromatic carbocycles. The average Bonchev–Trinajstić information content (AvgIpc) is 2.43. The lowest BCUT2D eigenvalue weighted by molar-refractivity contribution is -0.139. The van der Waals surface area contributed by atoms with Crippen LogP contribution in [0, 0.1) is 5.41 Å². The highest BCUT2D eigenvalue weighted by Crippen LogP contribution is 2.37. The van der Waals surface area contributed by atoms with Gasteiger partial charge >= 0.3 is 5.97 Å². The van der Waals surface area contributed by atoms with Crippen LogP contribution in [0.2, 0.25) is 0 Å². The zero-order valence-electron chi connectivity index (χ0n) is 9.38.